The van der Waals surface area contributed by atoms with Crippen LogP contribution >= 0.6 is 0 Å². The lowest BCUT2D eigenvalue weighted by molar-refractivity contribution is 1.14. The van der Waals surface area contributed by atoms with Gasteiger partial charge in [0, 0.05) is 0 Å². The normalized spacial score (nSPS) is 9.79. The maximum absolute atomic E-state index is 4.20. The van der Waals surface area contributed by atoms with Gasteiger partial charge in [0.25, 0.3) is 0 Å². The van der Waals surface area contributed by atoms with Crippen LogP contribution in [0.1, 0.15) is 25.0 Å². The van der Waals surface area contributed by atoms with Crippen LogP contribution in [0.5, 0.6) is 0 Å². The number of hydrogen-bond donors (Lipinski definition) is 0. The molecule has 2 nitrogen and oxygen atoms in total. The SMILES string of the molecule is CCc1ccc(N=C=Nc2ccc(CC)cc2)cc1. The molecule has 0 heterocycles. The lowest BCUT2D eigenvalue weighted by atomic mass is 10.1. The number of nitrogens with zero attached hydrogens (tertiary/aromatic N) is 2. The highest BCUT2D eigenvalue weighted by molar-refractivity contribution is 5.57. The third-order valence-electron chi connectivity index (χ3n) is 3.05. The molecule has 0 bridgehead atoms. The highest BCUT2D eigenvalue weighted by Crippen LogP contribution is 2.14. The van der Waals surface area contributed by atoms with Gasteiger partial charge in [0.1, 0.15) is 6.01 Å². The Hall–Kier alpha value is -2.18. The van der Waals surface area contributed by atoms with E-state index in [9.17, 15) is 0 Å². The van der Waals surface area contributed by atoms with Crippen LogP contribution < -0.4 is 0 Å². The van der Waals surface area contributed by atoms with E-state index < -0.39 is 0 Å². The molecule has 0 saturated carbocycles. The van der Waals surface area contributed by atoms with E-state index in [0.717, 1.165) is 24.2 Å². The Labute approximate surface area is 114 Å². The van der Waals surface area contributed by atoms with Gasteiger partial charge in [-0.05, 0) is 48.2 Å². The van der Waals surface area contributed by atoms with Crippen LogP contribution in [-0.4, -0.2) is 6.01 Å². The Balaban J connectivity index is 2.09. The van der Waals surface area contributed by atoms with Crippen LogP contribution in [0, 0.1) is 0 Å². The van der Waals surface area contributed by atoms with E-state index in [1.807, 2.05) is 24.3 Å². The Morgan fingerprint density at radius 3 is 1.37 bits per heavy atom. The molecule has 0 radical (unpaired) electrons. The molecule has 0 N–H and O–H groups in total. The maximum atomic E-state index is 4.20. The zero-order chi connectivity index (χ0) is 13.5. The van der Waals surface area contributed by atoms with E-state index in [2.05, 4.69) is 54.1 Å². The van der Waals surface area contributed by atoms with E-state index in [-0.39, 0.29) is 0 Å². The van der Waals surface area contributed by atoms with Gasteiger partial charge in [0.2, 0.25) is 0 Å². The Morgan fingerprint density at radius 1 is 0.684 bits per heavy atom. The van der Waals surface area contributed by atoms with Gasteiger partial charge in [0.15, 0.2) is 0 Å². The third kappa shape index (κ3) is 3.90. The molecular formula is C17H18N2. The van der Waals surface area contributed by atoms with Gasteiger partial charge in [-0.2, -0.15) is 9.98 Å². The molecular weight excluding hydrogens is 232 g/mol. The second kappa shape index (κ2) is 6.67. The second-order valence-corrected chi connectivity index (χ2v) is 4.36. The minimum absolute atomic E-state index is 0.881. The third-order valence-corrected chi connectivity index (χ3v) is 3.05. The van der Waals surface area contributed by atoms with Gasteiger partial charge >= 0.3 is 0 Å². The standard InChI is InChI=1S/C17H18N2/c1-3-14-5-9-16(10-6-14)18-13-19-17-11-7-15(4-2)8-12-17/h5-12H,3-4H2,1-2H3. The van der Waals surface area contributed by atoms with Crippen molar-refractivity contribution in [2.24, 2.45) is 9.98 Å². The summed E-state index contributed by atoms with van der Waals surface area (Å²) in [5, 5.41) is 0. The zero-order valence-corrected chi connectivity index (χ0v) is 11.4. The monoisotopic (exact) mass is 250 g/mol. The lowest BCUT2D eigenvalue weighted by Gasteiger charge is -1.95. The highest BCUT2D eigenvalue weighted by atomic mass is 14.8. The maximum Gasteiger partial charge on any atom is 0.100 e. The summed E-state index contributed by atoms with van der Waals surface area (Å²) < 4.78 is 0. The Morgan fingerprint density at radius 2 is 1.05 bits per heavy atom. The first kappa shape index (κ1) is 13.3. The molecule has 2 rings (SSSR count). The predicted molar refractivity (Wildman–Crippen MR) is 80.8 cm³/mol. The van der Waals surface area contributed by atoms with Crippen LogP contribution in [0.25, 0.3) is 0 Å². The Bertz CT molecular complexity index is 522. The summed E-state index contributed by atoms with van der Waals surface area (Å²) >= 11 is 0. The molecule has 0 atom stereocenters. The summed E-state index contributed by atoms with van der Waals surface area (Å²) in [5.41, 5.74) is 4.38. The van der Waals surface area contributed by atoms with Crippen molar-refractivity contribution in [2.75, 3.05) is 0 Å². The molecule has 0 spiro atoms. The fourth-order valence-electron chi connectivity index (χ4n) is 1.75. The van der Waals surface area contributed by atoms with Gasteiger partial charge in [-0.25, -0.2) is 0 Å². The van der Waals surface area contributed by atoms with E-state index in [1.165, 1.54) is 11.1 Å². The number of rotatable bonds is 4. The van der Waals surface area contributed by atoms with Gasteiger partial charge in [-0.15, -0.1) is 0 Å². The van der Waals surface area contributed by atoms with E-state index in [0.29, 0.717) is 0 Å². The molecule has 0 amide bonds. The molecule has 0 aliphatic rings. The van der Waals surface area contributed by atoms with E-state index in [1.54, 1.807) is 0 Å². The van der Waals surface area contributed by atoms with Crippen molar-refractivity contribution in [3.05, 3.63) is 59.7 Å². The lowest BCUT2D eigenvalue weighted by Crippen LogP contribution is -1.76. The second-order valence-electron chi connectivity index (χ2n) is 4.36. The topological polar surface area (TPSA) is 24.7 Å². The van der Waals surface area contributed by atoms with Crippen molar-refractivity contribution >= 4 is 17.4 Å². The van der Waals surface area contributed by atoms with Crippen LogP contribution in [-0.2, 0) is 12.8 Å². The van der Waals surface area contributed by atoms with Crippen LogP contribution in [0.4, 0.5) is 11.4 Å². The smallest absolute Gasteiger partial charge is 0.100 e. The molecule has 0 aliphatic carbocycles. The van der Waals surface area contributed by atoms with Gasteiger partial charge in [-0.3, -0.25) is 0 Å². The molecule has 0 saturated heterocycles. The van der Waals surface area contributed by atoms with Gasteiger partial charge in [-0.1, -0.05) is 38.1 Å². The van der Waals surface area contributed by atoms with Gasteiger partial charge < -0.3 is 0 Å². The molecule has 0 fully saturated rings. The van der Waals surface area contributed by atoms with Crippen LogP contribution in [0.15, 0.2) is 58.5 Å². The summed E-state index contributed by atoms with van der Waals surface area (Å²) in [6.45, 7) is 4.28. The van der Waals surface area contributed by atoms with E-state index >= 15 is 0 Å². The number of hydrogen-bond acceptors (Lipinski definition) is 2. The average Bonchev–Trinajstić information content (AvgIpc) is 2.49. The largest absolute Gasteiger partial charge is 0.188 e. The van der Waals surface area contributed by atoms with Crippen molar-refractivity contribution in [2.45, 2.75) is 26.7 Å². The first-order valence-corrected chi connectivity index (χ1v) is 6.66. The molecule has 2 aromatic rings. The van der Waals surface area contributed by atoms with Crippen molar-refractivity contribution in [3.63, 3.8) is 0 Å². The minimum Gasteiger partial charge on any atom is -0.188 e. The number of aliphatic imine (C=N–C) groups is 2. The van der Waals surface area contributed by atoms with Crippen LogP contribution in [0.3, 0.4) is 0 Å². The molecule has 19 heavy (non-hydrogen) atoms. The fraction of sp³-hybridized carbons (Fsp3) is 0.235. The molecule has 2 heteroatoms. The van der Waals surface area contributed by atoms with Crippen molar-refractivity contribution in [1.82, 2.24) is 0 Å². The van der Waals surface area contributed by atoms with E-state index in [4.69, 9.17) is 0 Å². The molecule has 0 aliphatic heterocycles. The quantitative estimate of drug-likeness (QED) is 0.686. The molecule has 0 aromatic heterocycles. The first-order chi connectivity index (χ1) is 9.31. The summed E-state index contributed by atoms with van der Waals surface area (Å²) in [7, 11) is 0. The Kier molecular flexibility index (Phi) is 4.66. The van der Waals surface area contributed by atoms with Crippen LogP contribution in [0.2, 0.25) is 0 Å². The summed E-state index contributed by atoms with van der Waals surface area (Å²) in [6.07, 6.45) is 2.09. The summed E-state index contributed by atoms with van der Waals surface area (Å²) in [6, 6.07) is 19.0. The molecule has 2 aromatic carbocycles. The zero-order valence-electron chi connectivity index (χ0n) is 11.4. The highest BCUT2D eigenvalue weighted by Gasteiger charge is 1.90. The van der Waals surface area contributed by atoms with Gasteiger partial charge in [0.05, 0.1) is 11.4 Å². The minimum atomic E-state index is 0.881. The molecule has 96 valence electrons. The predicted octanol–water partition coefficient (Wildman–Crippen LogP) is 4.95. The fourth-order valence-corrected chi connectivity index (χ4v) is 1.75. The van der Waals surface area contributed by atoms with Crippen molar-refractivity contribution < 1.29 is 0 Å². The summed E-state index contributed by atoms with van der Waals surface area (Å²) in [4.78, 5) is 8.41. The van der Waals surface area contributed by atoms with Crippen molar-refractivity contribution in [3.8, 4) is 0 Å². The number of benzene rings is 2. The first-order valence-electron chi connectivity index (χ1n) is 6.66. The molecule has 0 unspecified atom stereocenters. The van der Waals surface area contributed by atoms with Crippen molar-refractivity contribution in [1.29, 1.82) is 0 Å². The summed E-state index contributed by atoms with van der Waals surface area (Å²) in [5.74, 6) is 0. The average molecular weight is 250 g/mol. The number of aryl methyl sites for hydroxylation is 2.